The highest BCUT2D eigenvalue weighted by Gasteiger charge is 2.28. The van der Waals surface area contributed by atoms with Crippen molar-refractivity contribution < 1.29 is 9.59 Å². The van der Waals surface area contributed by atoms with Gasteiger partial charge in [0, 0.05) is 26.2 Å². The Morgan fingerprint density at radius 1 is 1.15 bits per heavy atom. The van der Waals surface area contributed by atoms with Crippen LogP contribution in [-0.2, 0) is 4.79 Å². The normalized spacial score (nSPS) is 15.9. The molecule has 1 aliphatic rings. The first-order valence-electron chi connectivity index (χ1n) is 8.47. The third-order valence-corrected chi connectivity index (χ3v) is 5.42. The molecule has 0 spiro atoms. The minimum absolute atomic E-state index is 0.0553. The van der Waals surface area contributed by atoms with Crippen LogP contribution < -0.4 is 5.32 Å². The molecule has 1 N–H and O–H groups in total. The number of hydrogen-bond acceptors (Lipinski definition) is 5. The van der Waals surface area contributed by atoms with Crippen molar-refractivity contribution in [2.75, 3.05) is 31.5 Å². The molecule has 2 aromatic rings. The van der Waals surface area contributed by atoms with Crippen LogP contribution in [0.4, 0.5) is 5.69 Å². The smallest absolute Gasteiger partial charge is 0.264 e. The van der Waals surface area contributed by atoms with Gasteiger partial charge in [0.25, 0.3) is 5.91 Å². The van der Waals surface area contributed by atoms with Crippen molar-refractivity contribution >= 4 is 28.8 Å². The van der Waals surface area contributed by atoms with E-state index in [9.17, 15) is 9.59 Å². The maximum Gasteiger partial charge on any atom is 0.264 e. The van der Waals surface area contributed by atoms with Crippen molar-refractivity contribution in [3.63, 3.8) is 0 Å². The van der Waals surface area contributed by atoms with Crippen LogP contribution in [0, 0.1) is 11.3 Å². The summed E-state index contributed by atoms with van der Waals surface area (Å²) in [5, 5.41) is 13.9. The summed E-state index contributed by atoms with van der Waals surface area (Å²) in [5.41, 5.74) is 0.970. The van der Waals surface area contributed by atoms with Gasteiger partial charge >= 0.3 is 0 Å². The van der Waals surface area contributed by atoms with Crippen molar-refractivity contribution in [1.82, 2.24) is 9.80 Å². The standard InChI is InChI=1S/C19H20N4O2S/c1-14(18(24)21-16-6-3-2-5-15(16)13-20)22-8-10-23(11-9-22)19(25)17-7-4-12-26-17/h2-7,12,14H,8-11H2,1H3,(H,21,24)/t14-/m0/s1. The predicted octanol–water partition coefficient (Wildman–Crippen LogP) is 2.40. The number of anilines is 1. The van der Waals surface area contributed by atoms with Crippen LogP contribution in [0.3, 0.4) is 0 Å². The van der Waals surface area contributed by atoms with E-state index in [-0.39, 0.29) is 17.9 Å². The fourth-order valence-electron chi connectivity index (χ4n) is 2.96. The zero-order chi connectivity index (χ0) is 18.5. The molecule has 7 heteroatoms. The Hall–Kier alpha value is -2.69. The number of para-hydroxylation sites is 1. The first-order chi connectivity index (χ1) is 12.6. The Morgan fingerprint density at radius 3 is 2.54 bits per heavy atom. The molecule has 0 unspecified atom stereocenters. The molecule has 1 aliphatic heterocycles. The number of carbonyl (C=O) groups excluding carboxylic acids is 2. The van der Waals surface area contributed by atoms with E-state index in [2.05, 4.69) is 16.3 Å². The first kappa shape index (κ1) is 18.1. The van der Waals surface area contributed by atoms with E-state index in [4.69, 9.17) is 5.26 Å². The summed E-state index contributed by atoms with van der Waals surface area (Å²) in [5.74, 6) is -0.0922. The van der Waals surface area contributed by atoms with Crippen molar-refractivity contribution in [2.45, 2.75) is 13.0 Å². The minimum Gasteiger partial charge on any atom is -0.335 e. The molecular formula is C19H20N4O2S. The summed E-state index contributed by atoms with van der Waals surface area (Å²) in [7, 11) is 0. The molecule has 134 valence electrons. The number of thiophene rings is 1. The number of carbonyl (C=O) groups is 2. The lowest BCUT2D eigenvalue weighted by Crippen LogP contribution is -2.54. The van der Waals surface area contributed by atoms with Crippen molar-refractivity contribution in [3.05, 3.63) is 52.2 Å². The quantitative estimate of drug-likeness (QED) is 0.899. The number of amides is 2. The van der Waals surface area contributed by atoms with Crippen LogP contribution in [0.2, 0.25) is 0 Å². The Morgan fingerprint density at radius 2 is 1.88 bits per heavy atom. The van der Waals surface area contributed by atoms with E-state index in [1.807, 2.05) is 29.3 Å². The topological polar surface area (TPSA) is 76.4 Å². The van der Waals surface area contributed by atoms with Crippen molar-refractivity contribution in [2.24, 2.45) is 0 Å². The predicted molar refractivity (Wildman–Crippen MR) is 101 cm³/mol. The Kier molecular flexibility index (Phi) is 5.66. The summed E-state index contributed by atoms with van der Waals surface area (Å²) in [4.78, 5) is 29.6. The number of nitrogens with zero attached hydrogens (tertiary/aromatic N) is 3. The SMILES string of the molecule is C[C@@H](C(=O)Nc1ccccc1C#N)N1CCN(C(=O)c2cccs2)CC1. The van der Waals surface area contributed by atoms with E-state index < -0.39 is 0 Å². The van der Waals surface area contributed by atoms with Gasteiger partial charge in [-0.25, -0.2) is 0 Å². The zero-order valence-electron chi connectivity index (χ0n) is 14.5. The highest BCUT2D eigenvalue weighted by molar-refractivity contribution is 7.12. The molecule has 6 nitrogen and oxygen atoms in total. The molecule has 0 radical (unpaired) electrons. The molecule has 1 fully saturated rings. The Labute approximate surface area is 156 Å². The van der Waals surface area contributed by atoms with Crippen molar-refractivity contribution in [1.29, 1.82) is 5.26 Å². The molecular weight excluding hydrogens is 348 g/mol. The lowest BCUT2D eigenvalue weighted by molar-refractivity contribution is -0.121. The van der Waals surface area contributed by atoms with Crippen LogP contribution in [-0.4, -0.2) is 53.8 Å². The maximum absolute atomic E-state index is 12.5. The molecule has 1 atom stereocenters. The molecule has 1 aromatic carbocycles. The maximum atomic E-state index is 12.5. The monoisotopic (exact) mass is 368 g/mol. The van der Waals surface area contributed by atoms with Crippen LogP contribution in [0.15, 0.2) is 41.8 Å². The fraction of sp³-hybridized carbons (Fsp3) is 0.316. The summed E-state index contributed by atoms with van der Waals surface area (Å²) in [6.07, 6.45) is 0. The van der Waals surface area contributed by atoms with Crippen molar-refractivity contribution in [3.8, 4) is 6.07 Å². The average Bonchev–Trinajstić information content (AvgIpc) is 3.22. The van der Waals surface area contributed by atoms with E-state index in [0.29, 0.717) is 37.4 Å². The number of piperazine rings is 1. The van der Waals surface area contributed by atoms with Crippen LogP contribution in [0.5, 0.6) is 0 Å². The lowest BCUT2D eigenvalue weighted by Gasteiger charge is -2.37. The molecule has 2 amide bonds. The summed E-state index contributed by atoms with van der Waals surface area (Å²) >= 11 is 1.45. The van der Waals surface area contributed by atoms with Crippen LogP contribution >= 0.6 is 11.3 Å². The number of benzene rings is 1. The molecule has 0 aliphatic carbocycles. The molecule has 26 heavy (non-hydrogen) atoms. The zero-order valence-corrected chi connectivity index (χ0v) is 15.3. The molecule has 1 aromatic heterocycles. The highest BCUT2D eigenvalue weighted by Crippen LogP contribution is 2.17. The van der Waals surface area contributed by atoms with Gasteiger partial charge in [0.1, 0.15) is 6.07 Å². The number of nitriles is 1. The van der Waals surface area contributed by atoms with E-state index in [1.165, 1.54) is 11.3 Å². The van der Waals surface area contributed by atoms with Gasteiger partial charge in [0.2, 0.25) is 5.91 Å². The highest BCUT2D eigenvalue weighted by atomic mass is 32.1. The second-order valence-corrected chi connectivity index (χ2v) is 7.08. The number of rotatable bonds is 4. The second-order valence-electron chi connectivity index (χ2n) is 6.13. The van der Waals surface area contributed by atoms with Gasteiger partial charge in [-0.1, -0.05) is 18.2 Å². The Bertz CT molecular complexity index is 820. The van der Waals surface area contributed by atoms with Gasteiger partial charge in [-0.2, -0.15) is 5.26 Å². The van der Waals surface area contributed by atoms with Gasteiger partial charge in [-0.15, -0.1) is 11.3 Å². The van der Waals surface area contributed by atoms with Crippen LogP contribution in [0.25, 0.3) is 0 Å². The summed E-state index contributed by atoms with van der Waals surface area (Å²) in [6, 6.07) is 12.4. The molecule has 3 rings (SSSR count). The Balaban J connectivity index is 1.56. The van der Waals surface area contributed by atoms with Gasteiger partial charge < -0.3 is 10.2 Å². The molecule has 2 heterocycles. The first-order valence-corrected chi connectivity index (χ1v) is 9.35. The summed E-state index contributed by atoms with van der Waals surface area (Å²) in [6.45, 7) is 4.34. The summed E-state index contributed by atoms with van der Waals surface area (Å²) < 4.78 is 0. The van der Waals surface area contributed by atoms with Gasteiger partial charge in [-0.3, -0.25) is 14.5 Å². The average molecular weight is 368 g/mol. The largest absolute Gasteiger partial charge is 0.335 e. The van der Waals surface area contributed by atoms with E-state index in [1.54, 1.807) is 24.3 Å². The number of nitrogens with one attached hydrogen (secondary N) is 1. The van der Waals surface area contributed by atoms with Gasteiger partial charge in [0.05, 0.1) is 22.2 Å². The third kappa shape index (κ3) is 3.93. The minimum atomic E-state index is -0.333. The third-order valence-electron chi connectivity index (χ3n) is 4.57. The molecule has 0 saturated carbocycles. The molecule has 0 bridgehead atoms. The number of hydrogen-bond donors (Lipinski definition) is 1. The lowest BCUT2D eigenvalue weighted by atomic mass is 10.1. The fourth-order valence-corrected chi connectivity index (χ4v) is 3.65. The van der Waals surface area contributed by atoms with Crippen LogP contribution in [0.1, 0.15) is 22.2 Å². The second kappa shape index (κ2) is 8.13. The van der Waals surface area contributed by atoms with Gasteiger partial charge in [-0.05, 0) is 30.5 Å². The van der Waals surface area contributed by atoms with E-state index in [0.717, 1.165) is 4.88 Å². The van der Waals surface area contributed by atoms with E-state index >= 15 is 0 Å². The van der Waals surface area contributed by atoms with Gasteiger partial charge in [0.15, 0.2) is 0 Å². The molecule has 1 saturated heterocycles.